The summed E-state index contributed by atoms with van der Waals surface area (Å²) in [4.78, 5) is 6.99. The molecule has 0 aliphatic heterocycles. The summed E-state index contributed by atoms with van der Waals surface area (Å²) in [5.41, 5.74) is 9.84. The lowest BCUT2D eigenvalue weighted by Gasteiger charge is -2.10. The molecular formula is C12H15N3O. The second-order valence-corrected chi connectivity index (χ2v) is 3.82. The molecule has 3 N–H and O–H groups in total. The van der Waals surface area contributed by atoms with Crippen molar-refractivity contribution in [2.24, 2.45) is 0 Å². The number of nitrogen functional groups attached to an aromatic ring is 1. The van der Waals surface area contributed by atoms with E-state index in [1.54, 1.807) is 13.3 Å². The molecule has 0 aliphatic rings. The number of ether oxygens (including phenoxy) is 1. The molecule has 0 bridgehead atoms. The van der Waals surface area contributed by atoms with Crippen LogP contribution in [0.1, 0.15) is 11.1 Å². The van der Waals surface area contributed by atoms with E-state index in [0.29, 0.717) is 5.95 Å². The number of methoxy groups -OCH3 is 1. The molecule has 2 aromatic rings. The van der Waals surface area contributed by atoms with Gasteiger partial charge in [0.05, 0.1) is 19.0 Å². The number of nitrogens with zero attached hydrogens (tertiary/aromatic N) is 1. The fourth-order valence-electron chi connectivity index (χ4n) is 1.64. The standard InChI is InChI=1S/C12H15N3O/c1-7-4-9(10-6-14-12(13)15-10)11(16-3)5-8(7)2/h4-6H,1-3H3,(H3,13,14,15). The maximum atomic E-state index is 5.57. The summed E-state index contributed by atoms with van der Waals surface area (Å²) in [5.74, 6) is 1.24. The first-order chi connectivity index (χ1) is 7.61. The molecule has 0 amide bonds. The van der Waals surface area contributed by atoms with E-state index in [1.807, 2.05) is 6.07 Å². The van der Waals surface area contributed by atoms with Crippen LogP contribution in [-0.4, -0.2) is 17.1 Å². The molecule has 0 fully saturated rings. The summed E-state index contributed by atoms with van der Waals surface area (Å²) in [6, 6.07) is 4.09. The maximum absolute atomic E-state index is 5.57. The SMILES string of the molecule is COc1cc(C)c(C)cc1-c1cnc(N)[nH]1. The first kappa shape index (κ1) is 10.5. The topological polar surface area (TPSA) is 63.9 Å². The van der Waals surface area contributed by atoms with E-state index in [9.17, 15) is 0 Å². The molecule has 2 rings (SSSR count). The van der Waals surface area contributed by atoms with Crippen molar-refractivity contribution in [3.05, 3.63) is 29.5 Å². The van der Waals surface area contributed by atoms with Crippen LogP contribution in [0.25, 0.3) is 11.3 Å². The summed E-state index contributed by atoms with van der Waals surface area (Å²) in [6.45, 7) is 4.13. The first-order valence-electron chi connectivity index (χ1n) is 5.08. The minimum absolute atomic E-state index is 0.412. The van der Waals surface area contributed by atoms with Crippen LogP contribution in [0.2, 0.25) is 0 Å². The van der Waals surface area contributed by atoms with Gasteiger partial charge in [-0.2, -0.15) is 0 Å². The Bertz CT molecular complexity index is 517. The molecule has 0 unspecified atom stereocenters. The zero-order valence-electron chi connectivity index (χ0n) is 9.66. The number of hydrogen-bond donors (Lipinski definition) is 2. The number of hydrogen-bond acceptors (Lipinski definition) is 3. The average Bonchev–Trinajstić information content (AvgIpc) is 2.68. The third kappa shape index (κ3) is 1.74. The van der Waals surface area contributed by atoms with Gasteiger partial charge in [0.1, 0.15) is 5.75 Å². The van der Waals surface area contributed by atoms with E-state index in [-0.39, 0.29) is 0 Å². The smallest absolute Gasteiger partial charge is 0.197 e. The molecule has 1 aromatic heterocycles. The van der Waals surface area contributed by atoms with E-state index in [1.165, 1.54) is 11.1 Å². The highest BCUT2D eigenvalue weighted by Gasteiger charge is 2.10. The van der Waals surface area contributed by atoms with Crippen LogP contribution in [0.5, 0.6) is 5.75 Å². The third-order valence-electron chi connectivity index (χ3n) is 2.70. The monoisotopic (exact) mass is 217 g/mol. The van der Waals surface area contributed by atoms with E-state index >= 15 is 0 Å². The van der Waals surface area contributed by atoms with Crippen molar-refractivity contribution >= 4 is 5.95 Å². The van der Waals surface area contributed by atoms with E-state index < -0.39 is 0 Å². The molecule has 0 atom stereocenters. The lowest BCUT2D eigenvalue weighted by Crippen LogP contribution is -1.92. The summed E-state index contributed by atoms with van der Waals surface area (Å²) in [7, 11) is 1.66. The molecule has 84 valence electrons. The molecule has 16 heavy (non-hydrogen) atoms. The van der Waals surface area contributed by atoms with E-state index in [2.05, 4.69) is 29.9 Å². The molecular weight excluding hydrogens is 202 g/mol. The van der Waals surface area contributed by atoms with E-state index in [0.717, 1.165) is 17.0 Å². The number of H-pyrrole nitrogens is 1. The zero-order valence-corrected chi connectivity index (χ0v) is 9.66. The Hall–Kier alpha value is -1.97. The molecule has 0 spiro atoms. The minimum Gasteiger partial charge on any atom is -0.496 e. The second kappa shape index (κ2) is 3.89. The van der Waals surface area contributed by atoms with Gasteiger partial charge in [-0.3, -0.25) is 0 Å². The number of aromatic nitrogens is 2. The van der Waals surface area contributed by atoms with Crippen molar-refractivity contribution in [1.82, 2.24) is 9.97 Å². The van der Waals surface area contributed by atoms with Crippen LogP contribution in [0, 0.1) is 13.8 Å². The highest BCUT2D eigenvalue weighted by atomic mass is 16.5. The molecule has 1 heterocycles. The minimum atomic E-state index is 0.412. The number of nitrogens with two attached hydrogens (primary N) is 1. The fourth-order valence-corrected chi connectivity index (χ4v) is 1.64. The molecule has 4 nitrogen and oxygen atoms in total. The summed E-state index contributed by atoms with van der Waals surface area (Å²) in [6.07, 6.45) is 1.71. The Balaban J connectivity index is 2.59. The van der Waals surface area contributed by atoms with Crippen molar-refractivity contribution < 1.29 is 4.74 Å². The average molecular weight is 217 g/mol. The van der Waals surface area contributed by atoms with Gasteiger partial charge in [0.2, 0.25) is 0 Å². The highest BCUT2D eigenvalue weighted by Crippen LogP contribution is 2.31. The molecule has 4 heteroatoms. The Morgan fingerprint density at radius 2 is 1.94 bits per heavy atom. The molecule has 1 aromatic carbocycles. The van der Waals surface area contributed by atoms with Gasteiger partial charge in [-0.15, -0.1) is 0 Å². The number of benzene rings is 1. The Morgan fingerprint density at radius 1 is 1.25 bits per heavy atom. The van der Waals surface area contributed by atoms with Gasteiger partial charge in [0.25, 0.3) is 0 Å². The number of anilines is 1. The van der Waals surface area contributed by atoms with Crippen molar-refractivity contribution in [3.8, 4) is 17.0 Å². The van der Waals surface area contributed by atoms with Crippen LogP contribution in [0.15, 0.2) is 18.3 Å². The summed E-state index contributed by atoms with van der Waals surface area (Å²) >= 11 is 0. The van der Waals surface area contributed by atoms with Gasteiger partial charge in [0, 0.05) is 5.56 Å². The van der Waals surface area contributed by atoms with Gasteiger partial charge in [-0.25, -0.2) is 4.98 Å². The van der Waals surface area contributed by atoms with Crippen LogP contribution in [0.3, 0.4) is 0 Å². The molecule has 0 saturated carbocycles. The second-order valence-electron chi connectivity index (χ2n) is 3.82. The van der Waals surface area contributed by atoms with Crippen LogP contribution in [0.4, 0.5) is 5.95 Å². The van der Waals surface area contributed by atoms with Crippen molar-refractivity contribution in [2.75, 3.05) is 12.8 Å². The third-order valence-corrected chi connectivity index (χ3v) is 2.70. The zero-order chi connectivity index (χ0) is 11.7. The van der Waals surface area contributed by atoms with Gasteiger partial charge >= 0.3 is 0 Å². The number of nitrogens with one attached hydrogen (secondary N) is 1. The number of aromatic amines is 1. The van der Waals surface area contributed by atoms with Crippen molar-refractivity contribution in [2.45, 2.75) is 13.8 Å². The predicted molar refractivity (Wildman–Crippen MR) is 64.5 cm³/mol. The lowest BCUT2D eigenvalue weighted by molar-refractivity contribution is 0.416. The van der Waals surface area contributed by atoms with Gasteiger partial charge in [0.15, 0.2) is 5.95 Å². The lowest BCUT2D eigenvalue weighted by atomic mass is 10.0. The Kier molecular flexibility index (Phi) is 2.56. The van der Waals surface area contributed by atoms with Crippen molar-refractivity contribution in [3.63, 3.8) is 0 Å². The predicted octanol–water partition coefficient (Wildman–Crippen LogP) is 2.28. The van der Waals surface area contributed by atoms with E-state index in [4.69, 9.17) is 10.5 Å². The Labute approximate surface area is 94.5 Å². The summed E-state index contributed by atoms with van der Waals surface area (Å²) in [5, 5.41) is 0. The van der Waals surface area contributed by atoms with Crippen molar-refractivity contribution in [1.29, 1.82) is 0 Å². The Morgan fingerprint density at radius 3 is 2.50 bits per heavy atom. The largest absolute Gasteiger partial charge is 0.496 e. The molecule has 0 saturated heterocycles. The number of rotatable bonds is 2. The number of aryl methyl sites for hydroxylation is 2. The van der Waals surface area contributed by atoms with Gasteiger partial charge < -0.3 is 15.5 Å². The normalized spacial score (nSPS) is 10.4. The van der Waals surface area contributed by atoms with Gasteiger partial charge in [-0.1, -0.05) is 0 Å². The maximum Gasteiger partial charge on any atom is 0.197 e. The van der Waals surface area contributed by atoms with Crippen LogP contribution < -0.4 is 10.5 Å². The summed E-state index contributed by atoms with van der Waals surface area (Å²) < 4.78 is 5.36. The quantitative estimate of drug-likeness (QED) is 0.811. The molecule has 0 radical (unpaired) electrons. The first-order valence-corrected chi connectivity index (χ1v) is 5.08. The highest BCUT2D eigenvalue weighted by molar-refractivity contribution is 5.69. The van der Waals surface area contributed by atoms with Gasteiger partial charge in [-0.05, 0) is 37.1 Å². The molecule has 0 aliphatic carbocycles. The fraction of sp³-hybridized carbons (Fsp3) is 0.250. The van der Waals surface area contributed by atoms with Crippen LogP contribution >= 0.6 is 0 Å². The van der Waals surface area contributed by atoms with Crippen LogP contribution in [-0.2, 0) is 0 Å². The number of imidazole rings is 1.